The number of hydrogen-bond donors (Lipinski definition) is 1. The van der Waals surface area contributed by atoms with Crippen LogP contribution in [0.25, 0.3) is 0 Å². The monoisotopic (exact) mass is 366 g/mol. The number of aryl methyl sites for hydroxylation is 1. The van der Waals surface area contributed by atoms with Crippen LogP contribution in [0.5, 0.6) is 0 Å². The van der Waals surface area contributed by atoms with E-state index in [2.05, 4.69) is 5.32 Å². The molecule has 2 amide bonds. The maximum absolute atomic E-state index is 13.0. The van der Waals surface area contributed by atoms with Crippen LogP contribution in [0.2, 0.25) is 0 Å². The normalized spacial score (nSPS) is 12.9. The summed E-state index contributed by atoms with van der Waals surface area (Å²) in [6.07, 6.45) is 1.14. The SMILES string of the molecule is CC[C@H](C)NC(=O)[C@@H](C)N(Cc1ccc(C)cc1)C(=O)Cc1ccccc1. The molecule has 0 radical (unpaired) electrons. The Bertz CT molecular complexity index is 741. The lowest BCUT2D eigenvalue weighted by Gasteiger charge is -2.30. The Morgan fingerprint density at radius 1 is 0.963 bits per heavy atom. The van der Waals surface area contributed by atoms with Gasteiger partial charge in [-0.1, -0.05) is 67.1 Å². The molecule has 0 fully saturated rings. The van der Waals surface area contributed by atoms with Crippen LogP contribution in [0.4, 0.5) is 0 Å². The summed E-state index contributed by atoms with van der Waals surface area (Å²) in [5, 5.41) is 2.99. The number of nitrogens with one attached hydrogen (secondary N) is 1. The molecular weight excluding hydrogens is 336 g/mol. The number of carbonyl (C=O) groups is 2. The molecule has 2 rings (SSSR count). The molecule has 144 valence electrons. The predicted octanol–water partition coefficient (Wildman–Crippen LogP) is 3.87. The lowest BCUT2D eigenvalue weighted by molar-refractivity contribution is -0.140. The van der Waals surface area contributed by atoms with Crippen LogP contribution in [-0.2, 0) is 22.6 Å². The topological polar surface area (TPSA) is 49.4 Å². The van der Waals surface area contributed by atoms with Gasteiger partial charge in [-0.05, 0) is 38.3 Å². The number of rotatable bonds is 8. The zero-order valence-electron chi connectivity index (χ0n) is 16.7. The van der Waals surface area contributed by atoms with E-state index in [1.54, 1.807) is 11.8 Å². The van der Waals surface area contributed by atoms with E-state index in [1.165, 1.54) is 5.56 Å². The first kappa shape index (κ1) is 20.7. The summed E-state index contributed by atoms with van der Waals surface area (Å²) < 4.78 is 0. The first-order valence-electron chi connectivity index (χ1n) is 9.60. The highest BCUT2D eigenvalue weighted by molar-refractivity contribution is 5.88. The average molecular weight is 367 g/mol. The zero-order chi connectivity index (χ0) is 19.8. The molecule has 4 nitrogen and oxygen atoms in total. The van der Waals surface area contributed by atoms with E-state index in [0.29, 0.717) is 6.54 Å². The lowest BCUT2D eigenvalue weighted by Crippen LogP contribution is -2.49. The maximum Gasteiger partial charge on any atom is 0.242 e. The van der Waals surface area contributed by atoms with E-state index in [1.807, 2.05) is 75.4 Å². The van der Waals surface area contributed by atoms with Crippen molar-refractivity contribution in [1.82, 2.24) is 10.2 Å². The third kappa shape index (κ3) is 6.24. The third-order valence-corrected chi connectivity index (χ3v) is 4.84. The molecule has 0 aliphatic heterocycles. The van der Waals surface area contributed by atoms with Crippen molar-refractivity contribution in [2.24, 2.45) is 0 Å². The van der Waals surface area contributed by atoms with Gasteiger partial charge in [0, 0.05) is 12.6 Å². The van der Waals surface area contributed by atoms with Gasteiger partial charge in [0.15, 0.2) is 0 Å². The summed E-state index contributed by atoms with van der Waals surface area (Å²) in [5.41, 5.74) is 3.14. The lowest BCUT2D eigenvalue weighted by atomic mass is 10.1. The van der Waals surface area contributed by atoms with Crippen molar-refractivity contribution in [2.45, 2.75) is 59.2 Å². The van der Waals surface area contributed by atoms with E-state index in [-0.39, 0.29) is 24.3 Å². The molecule has 0 unspecified atom stereocenters. The molecule has 1 N–H and O–H groups in total. The van der Waals surface area contributed by atoms with Crippen LogP contribution in [0.3, 0.4) is 0 Å². The number of benzene rings is 2. The molecule has 0 spiro atoms. The Balaban J connectivity index is 2.19. The van der Waals surface area contributed by atoms with Crippen molar-refractivity contribution in [3.05, 3.63) is 71.3 Å². The van der Waals surface area contributed by atoms with Gasteiger partial charge in [-0.3, -0.25) is 9.59 Å². The summed E-state index contributed by atoms with van der Waals surface area (Å²) in [6.45, 7) is 8.25. The molecule has 0 saturated heterocycles. The predicted molar refractivity (Wildman–Crippen MR) is 109 cm³/mol. The molecule has 0 aliphatic rings. The number of amides is 2. The fourth-order valence-electron chi connectivity index (χ4n) is 2.81. The molecular formula is C23H30N2O2. The van der Waals surface area contributed by atoms with Crippen molar-refractivity contribution in [3.8, 4) is 0 Å². The molecule has 0 aliphatic carbocycles. The first-order valence-corrected chi connectivity index (χ1v) is 9.60. The zero-order valence-corrected chi connectivity index (χ0v) is 16.7. The molecule has 0 saturated carbocycles. The number of hydrogen-bond acceptors (Lipinski definition) is 2. The van der Waals surface area contributed by atoms with Gasteiger partial charge in [-0.15, -0.1) is 0 Å². The first-order chi connectivity index (χ1) is 12.9. The van der Waals surface area contributed by atoms with Crippen LogP contribution >= 0.6 is 0 Å². The fourth-order valence-corrected chi connectivity index (χ4v) is 2.81. The largest absolute Gasteiger partial charge is 0.352 e. The van der Waals surface area contributed by atoms with Gasteiger partial charge in [0.25, 0.3) is 0 Å². The second kappa shape index (κ2) is 9.91. The summed E-state index contributed by atoms with van der Waals surface area (Å²) in [7, 11) is 0. The summed E-state index contributed by atoms with van der Waals surface area (Å²) in [6, 6.07) is 17.3. The van der Waals surface area contributed by atoms with Crippen molar-refractivity contribution in [3.63, 3.8) is 0 Å². The minimum atomic E-state index is -0.531. The minimum absolute atomic E-state index is 0.0476. The third-order valence-electron chi connectivity index (χ3n) is 4.84. The van der Waals surface area contributed by atoms with Crippen molar-refractivity contribution < 1.29 is 9.59 Å². The molecule has 2 aromatic carbocycles. The minimum Gasteiger partial charge on any atom is -0.352 e. The molecule has 0 aromatic heterocycles. The highest BCUT2D eigenvalue weighted by Crippen LogP contribution is 2.13. The fraction of sp³-hybridized carbons (Fsp3) is 0.391. The van der Waals surface area contributed by atoms with Gasteiger partial charge in [0.2, 0.25) is 11.8 Å². The molecule has 4 heteroatoms. The highest BCUT2D eigenvalue weighted by Gasteiger charge is 2.26. The Labute approximate surface area is 162 Å². The Hall–Kier alpha value is -2.62. The Kier molecular flexibility index (Phi) is 7.59. The standard InChI is InChI=1S/C23H30N2O2/c1-5-18(3)24-23(27)19(4)25(16-21-13-11-17(2)12-14-21)22(26)15-20-9-7-6-8-10-20/h6-14,18-19H,5,15-16H2,1-4H3,(H,24,27)/t18-,19+/m0/s1. The van der Waals surface area contributed by atoms with Crippen molar-refractivity contribution in [1.29, 1.82) is 0 Å². The number of nitrogens with zero attached hydrogens (tertiary/aromatic N) is 1. The van der Waals surface area contributed by atoms with Crippen LogP contribution < -0.4 is 5.32 Å². The average Bonchev–Trinajstić information content (AvgIpc) is 2.67. The molecule has 2 atom stereocenters. The van der Waals surface area contributed by atoms with Crippen LogP contribution in [0.15, 0.2) is 54.6 Å². The van der Waals surface area contributed by atoms with Gasteiger partial charge in [0.1, 0.15) is 6.04 Å². The molecule has 0 bridgehead atoms. The summed E-state index contributed by atoms with van der Waals surface area (Å²) >= 11 is 0. The van der Waals surface area contributed by atoms with Crippen LogP contribution in [0.1, 0.15) is 43.9 Å². The maximum atomic E-state index is 13.0. The number of carbonyl (C=O) groups excluding carboxylic acids is 2. The summed E-state index contributed by atoms with van der Waals surface area (Å²) in [4.78, 5) is 27.4. The van der Waals surface area contributed by atoms with Gasteiger partial charge in [-0.2, -0.15) is 0 Å². The second-order valence-electron chi connectivity index (χ2n) is 7.16. The van der Waals surface area contributed by atoms with Crippen molar-refractivity contribution >= 4 is 11.8 Å². The smallest absolute Gasteiger partial charge is 0.242 e. The van der Waals surface area contributed by atoms with E-state index >= 15 is 0 Å². The van der Waals surface area contributed by atoms with Gasteiger partial charge < -0.3 is 10.2 Å². The van der Waals surface area contributed by atoms with Gasteiger partial charge >= 0.3 is 0 Å². The van der Waals surface area contributed by atoms with Gasteiger partial charge in [-0.25, -0.2) is 0 Å². The second-order valence-corrected chi connectivity index (χ2v) is 7.16. The molecule has 27 heavy (non-hydrogen) atoms. The summed E-state index contributed by atoms with van der Waals surface area (Å²) in [5.74, 6) is -0.161. The Morgan fingerprint density at radius 2 is 1.59 bits per heavy atom. The van der Waals surface area contributed by atoms with Gasteiger partial charge in [0.05, 0.1) is 6.42 Å². The van der Waals surface area contributed by atoms with E-state index in [0.717, 1.165) is 17.5 Å². The molecule has 0 heterocycles. The van der Waals surface area contributed by atoms with Crippen LogP contribution in [0, 0.1) is 6.92 Å². The van der Waals surface area contributed by atoms with E-state index in [4.69, 9.17) is 0 Å². The quantitative estimate of drug-likeness (QED) is 0.771. The van der Waals surface area contributed by atoms with E-state index < -0.39 is 6.04 Å². The van der Waals surface area contributed by atoms with Crippen molar-refractivity contribution in [2.75, 3.05) is 0 Å². The van der Waals surface area contributed by atoms with Crippen LogP contribution in [-0.4, -0.2) is 28.8 Å². The van der Waals surface area contributed by atoms with E-state index in [9.17, 15) is 9.59 Å². The Morgan fingerprint density at radius 3 is 2.19 bits per heavy atom. The highest BCUT2D eigenvalue weighted by atomic mass is 16.2. The molecule has 2 aromatic rings.